The molecular formula is C26H41NO. The van der Waals surface area contributed by atoms with Crippen LogP contribution >= 0.6 is 0 Å². The van der Waals surface area contributed by atoms with Gasteiger partial charge in [0.1, 0.15) is 0 Å². The highest BCUT2D eigenvalue weighted by Crippen LogP contribution is 2.65. The SMILES string of the molecule is C=CC1(C)CCC=C2C1CCC1C(C)(C(=O)NC3CCCCC3)CCCC21C. The van der Waals surface area contributed by atoms with E-state index in [9.17, 15) is 4.79 Å². The van der Waals surface area contributed by atoms with Crippen LogP contribution < -0.4 is 5.32 Å². The van der Waals surface area contributed by atoms with Gasteiger partial charge in [0.2, 0.25) is 5.91 Å². The smallest absolute Gasteiger partial charge is 0.226 e. The Morgan fingerprint density at radius 1 is 1.04 bits per heavy atom. The molecule has 0 aliphatic heterocycles. The van der Waals surface area contributed by atoms with Crippen LogP contribution in [-0.2, 0) is 4.79 Å². The summed E-state index contributed by atoms with van der Waals surface area (Å²) in [5, 5.41) is 3.50. The third-order valence-electron chi connectivity index (χ3n) is 9.48. The fourth-order valence-corrected chi connectivity index (χ4v) is 7.63. The fourth-order valence-electron chi connectivity index (χ4n) is 7.63. The molecule has 5 unspecified atom stereocenters. The van der Waals surface area contributed by atoms with Crippen molar-refractivity contribution in [3.63, 3.8) is 0 Å². The maximum absolute atomic E-state index is 13.6. The highest BCUT2D eigenvalue weighted by Gasteiger charge is 2.58. The lowest BCUT2D eigenvalue weighted by atomic mass is 9.44. The van der Waals surface area contributed by atoms with E-state index in [1.165, 1.54) is 70.6 Å². The normalized spacial score (nSPS) is 44.0. The second kappa shape index (κ2) is 7.33. The molecule has 0 heterocycles. The molecule has 0 aromatic rings. The van der Waals surface area contributed by atoms with Gasteiger partial charge >= 0.3 is 0 Å². The summed E-state index contributed by atoms with van der Waals surface area (Å²) in [6.45, 7) is 11.4. The molecule has 0 bridgehead atoms. The number of nitrogens with one attached hydrogen (secondary N) is 1. The number of rotatable bonds is 3. The zero-order valence-electron chi connectivity index (χ0n) is 18.5. The highest BCUT2D eigenvalue weighted by atomic mass is 16.2. The summed E-state index contributed by atoms with van der Waals surface area (Å²) in [5.74, 6) is 1.47. The quantitative estimate of drug-likeness (QED) is 0.549. The van der Waals surface area contributed by atoms with Crippen molar-refractivity contribution in [3.8, 4) is 0 Å². The van der Waals surface area contributed by atoms with Crippen molar-refractivity contribution < 1.29 is 4.79 Å². The maximum atomic E-state index is 13.6. The maximum Gasteiger partial charge on any atom is 0.226 e. The Morgan fingerprint density at radius 3 is 2.50 bits per heavy atom. The minimum absolute atomic E-state index is 0.185. The van der Waals surface area contributed by atoms with Crippen LogP contribution in [0.4, 0.5) is 0 Å². The topological polar surface area (TPSA) is 29.1 Å². The van der Waals surface area contributed by atoms with E-state index in [1.54, 1.807) is 5.57 Å². The van der Waals surface area contributed by atoms with Crippen LogP contribution in [0.1, 0.15) is 97.8 Å². The van der Waals surface area contributed by atoms with Crippen molar-refractivity contribution in [1.82, 2.24) is 5.32 Å². The van der Waals surface area contributed by atoms with E-state index >= 15 is 0 Å². The monoisotopic (exact) mass is 383 g/mol. The Bertz CT molecular complexity index is 659. The third-order valence-corrected chi connectivity index (χ3v) is 9.48. The van der Waals surface area contributed by atoms with Crippen LogP contribution in [0.5, 0.6) is 0 Å². The van der Waals surface area contributed by atoms with Gasteiger partial charge in [-0.15, -0.1) is 6.58 Å². The van der Waals surface area contributed by atoms with Gasteiger partial charge in [0.15, 0.2) is 0 Å². The van der Waals surface area contributed by atoms with Crippen LogP contribution in [0, 0.1) is 28.1 Å². The molecule has 0 saturated heterocycles. The van der Waals surface area contributed by atoms with Crippen LogP contribution in [0.3, 0.4) is 0 Å². The molecule has 4 aliphatic carbocycles. The lowest BCUT2D eigenvalue weighted by Gasteiger charge is -2.60. The van der Waals surface area contributed by atoms with Gasteiger partial charge in [-0.2, -0.15) is 0 Å². The molecular weight excluding hydrogens is 342 g/mol. The Balaban J connectivity index is 1.60. The Morgan fingerprint density at radius 2 is 1.79 bits per heavy atom. The second-order valence-electron chi connectivity index (χ2n) is 11.1. The van der Waals surface area contributed by atoms with Gasteiger partial charge in [0.05, 0.1) is 5.41 Å². The van der Waals surface area contributed by atoms with E-state index in [0.717, 1.165) is 6.42 Å². The summed E-state index contributed by atoms with van der Waals surface area (Å²) in [7, 11) is 0. The van der Waals surface area contributed by atoms with E-state index in [2.05, 4.69) is 44.8 Å². The van der Waals surface area contributed by atoms with Crippen molar-refractivity contribution in [2.45, 2.75) is 104 Å². The Kier molecular flexibility index (Phi) is 5.30. The predicted molar refractivity (Wildman–Crippen MR) is 117 cm³/mol. The molecule has 0 radical (unpaired) electrons. The summed E-state index contributed by atoms with van der Waals surface area (Å²) in [4.78, 5) is 13.6. The largest absolute Gasteiger partial charge is 0.353 e. The van der Waals surface area contributed by atoms with Crippen molar-refractivity contribution in [1.29, 1.82) is 0 Å². The molecule has 0 spiro atoms. The molecule has 4 rings (SSSR count). The molecule has 3 fully saturated rings. The number of carbonyl (C=O) groups is 1. The molecule has 28 heavy (non-hydrogen) atoms. The Hall–Kier alpha value is -1.05. The molecule has 0 aromatic heterocycles. The lowest BCUT2D eigenvalue weighted by Crippen LogP contribution is -2.57. The van der Waals surface area contributed by atoms with Gasteiger partial charge in [0, 0.05) is 6.04 Å². The van der Waals surface area contributed by atoms with Crippen LogP contribution in [0.25, 0.3) is 0 Å². The zero-order chi connectivity index (χ0) is 20.0. The number of amides is 1. The number of carbonyl (C=O) groups excluding carboxylic acids is 1. The van der Waals surface area contributed by atoms with Crippen LogP contribution in [0.15, 0.2) is 24.3 Å². The standard InChI is InChI=1S/C26H41NO/c1-5-24(2)16-9-13-21-20(24)14-15-22-25(21,3)17-10-18-26(22,4)23(28)27-19-11-7-6-8-12-19/h5,13,19-20,22H,1,6-12,14-18H2,2-4H3,(H,27,28). The average Bonchev–Trinajstić information content (AvgIpc) is 2.69. The first kappa shape index (κ1) is 20.2. The van der Waals surface area contributed by atoms with Gasteiger partial charge < -0.3 is 5.32 Å². The minimum atomic E-state index is -0.210. The summed E-state index contributed by atoms with van der Waals surface area (Å²) < 4.78 is 0. The molecule has 1 N–H and O–H groups in total. The third kappa shape index (κ3) is 3.10. The highest BCUT2D eigenvalue weighted by molar-refractivity contribution is 5.83. The van der Waals surface area contributed by atoms with E-state index in [1.807, 2.05) is 0 Å². The Labute approximate surface area is 172 Å². The summed E-state index contributed by atoms with van der Waals surface area (Å²) in [5.41, 5.74) is 1.88. The number of fused-ring (bicyclic) bond motifs is 3. The number of hydrogen-bond donors (Lipinski definition) is 1. The van der Waals surface area contributed by atoms with Crippen molar-refractivity contribution in [2.24, 2.45) is 28.1 Å². The average molecular weight is 384 g/mol. The molecule has 5 atom stereocenters. The van der Waals surface area contributed by atoms with Crippen molar-refractivity contribution in [2.75, 3.05) is 0 Å². The lowest BCUT2D eigenvalue weighted by molar-refractivity contribution is -0.143. The summed E-state index contributed by atoms with van der Waals surface area (Å²) >= 11 is 0. The van der Waals surface area contributed by atoms with E-state index in [0.29, 0.717) is 23.8 Å². The fraction of sp³-hybridized carbons (Fsp3) is 0.808. The number of allylic oxidation sites excluding steroid dienone is 3. The van der Waals surface area contributed by atoms with Crippen molar-refractivity contribution in [3.05, 3.63) is 24.3 Å². The first-order valence-electron chi connectivity index (χ1n) is 12.0. The summed E-state index contributed by atoms with van der Waals surface area (Å²) in [6, 6.07) is 0.417. The second-order valence-corrected chi connectivity index (χ2v) is 11.1. The van der Waals surface area contributed by atoms with Crippen molar-refractivity contribution >= 4 is 5.91 Å². The molecule has 0 aromatic carbocycles. The van der Waals surface area contributed by atoms with Gasteiger partial charge in [-0.1, -0.05) is 64.2 Å². The number of hydrogen-bond acceptors (Lipinski definition) is 1. The molecule has 1 amide bonds. The molecule has 3 saturated carbocycles. The van der Waals surface area contributed by atoms with Crippen LogP contribution in [-0.4, -0.2) is 11.9 Å². The van der Waals surface area contributed by atoms with E-state index in [4.69, 9.17) is 0 Å². The summed E-state index contributed by atoms with van der Waals surface area (Å²) in [6.07, 6.45) is 19.3. The first-order chi connectivity index (χ1) is 13.3. The van der Waals surface area contributed by atoms with Gasteiger partial charge in [-0.25, -0.2) is 0 Å². The van der Waals surface area contributed by atoms with Gasteiger partial charge in [-0.3, -0.25) is 4.79 Å². The van der Waals surface area contributed by atoms with Gasteiger partial charge in [0.25, 0.3) is 0 Å². The van der Waals surface area contributed by atoms with E-state index < -0.39 is 0 Å². The predicted octanol–water partition coefficient (Wildman–Crippen LogP) is 6.57. The molecule has 4 aliphatic rings. The minimum Gasteiger partial charge on any atom is -0.353 e. The van der Waals surface area contributed by atoms with Gasteiger partial charge in [-0.05, 0) is 74.0 Å². The van der Waals surface area contributed by atoms with Crippen LogP contribution in [0.2, 0.25) is 0 Å². The van der Waals surface area contributed by atoms with E-state index in [-0.39, 0.29) is 16.2 Å². The molecule has 2 heteroatoms. The molecule has 156 valence electrons. The molecule has 2 nitrogen and oxygen atoms in total. The zero-order valence-corrected chi connectivity index (χ0v) is 18.5. The first-order valence-corrected chi connectivity index (χ1v) is 12.0.